The van der Waals surface area contributed by atoms with Gasteiger partial charge >= 0.3 is 0 Å². The predicted octanol–water partition coefficient (Wildman–Crippen LogP) is 1.42. The van der Waals surface area contributed by atoms with Crippen LogP contribution in [-0.2, 0) is 4.74 Å². The van der Waals surface area contributed by atoms with Crippen LogP contribution in [-0.4, -0.2) is 75.9 Å². The number of rotatable bonds is 8. The summed E-state index contributed by atoms with van der Waals surface area (Å²) in [6, 6.07) is 0. The number of methoxy groups -OCH3 is 1. The van der Waals surface area contributed by atoms with Crippen LogP contribution in [0, 0.1) is 5.92 Å². The first-order valence-electron chi connectivity index (χ1n) is 8.53. The standard InChI is InChI=1S/C16H33N3O/c1-20-14-7-17-15-16-5-10-19(11-6-16)13-12-18-8-3-2-4-9-18/h16-17H,2-15H2,1H3. The number of hydrogen-bond donors (Lipinski definition) is 1. The fourth-order valence-corrected chi connectivity index (χ4v) is 3.36. The average molecular weight is 283 g/mol. The summed E-state index contributed by atoms with van der Waals surface area (Å²) in [5.41, 5.74) is 0. The van der Waals surface area contributed by atoms with Crippen LogP contribution in [0.4, 0.5) is 0 Å². The lowest BCUT2D eigenvalue weighted by molar-refractivity contribution is 0.143. The molecular formula is C16H33N3O. The highest BCUT2D eigenvalue weighted by molar-refractivity contribution is 4.75. The van der Waals surface area contributed by atoms with Crippen molar-refractivity contribution in [1.29, 1.82) is 0 Å². The molecule has 4 nitrogen and oxygen atoms in total. The third-order valence-corrected chi connectivity index (χ3v) is 4.80. The van der Waals surface area contributed by atoms with Gasteiger partial charge in [-0.05, 0) is 64.3 Å². The molecule has 0 atom stereocenters. The lowest BCUT2D eigenvalue weighted by Crippen LogP contribution is -2.42. The smallest absolute Gasteiger partial charge is 0.0587 e. The number of piperidine rings is 2. The molecule has 2 aliphatic rings. The van der Waals surface area contributed by atoms with Crippen LogP contribution >= 0.6 is 0 Å². The molecule has 0 aromatic rings. The number of nitrogens with zero attached hydrogens (tertiary/aromatic N) is 2. The van der Waals surface area contributed by atoms with Gasteiger partial charge < -0.3 is 19.9 Å². The zero-order valence-electron chi connectivity index (χ0n) is 13.3. The van der Waals surface area contributed by atoms with Crippen molar-refractivity contribution in [2.75, 3.05) is 66.1 Å². The predicted molar refractivity (Wildman–Crippen MR) is 84.2 cm³/mol. The van der Waals surface area contributed by atoms with Crippen LogP contribution in [0.15, 0.2) is 0 Å². The third kappa shape index (κ3) is 6.08. The molecule has 0 aromatic carbocycles. The first kappa shape index (κ1) is 16.2. The maximum atomic E-state index is 5.06. The van der Waals surface area contributed by atoms with Crippen molar-refractivity contribution >= 4 is 0 Å². The second kappa shape index (κ2) is 9.72. The summed E-state index contributed by atoms with van der Waals surface area (Å²) >= 11 is 0. The molecule has 0 radical (unpaired) electrons. The normalized spacial score (nSPS) is 23.2. The Labute approximate surface area is 124 Å². The summed E-state index contributed by atoms with van der Waals surface area (Å²) < 4.78 is 5.06. The van der Waals surface area contributed by atoms with Crippen molar-refractivity contribution in [2.24, 2.45) is 5.92 Å². The van der Waals surface area contributed by atoms with Crippen molar-refractivity contribution in [3.63, 3.8) is 0 Å². The van der Waals surface area contributed by atoms with Gasteiger partial charge in [0.15, 0.2) is 0 Å². The van der Waals surface area contributed by atoms with Gasteiger partial charge in [-0.3, -0.25) is 0 Å². The summed E-state index contributed by atoms with van der Waals surface area (Å²) in [4.78, 5) is 5.32. The van der Waals surface area contributed by atoms with E-state index in [-0.39, 0.29) is 0 Å². The number of nitrogens with one attached hydrogen (secondary N) is 1. The minimum absolute atomic E-state index is 0.828. The second-order valence-corrected chi connectivity index (χ2v) is 6.38. The zero-order valence-corrected chi connectivity index (χ0v) is 13.3. The minimum Gasteiger partial charge on any atom is -0.383 e. The van der Waals surface area contributed by atoms with Gasteiger partial charge in [-0.2, -0.15) is 0 Å². The van der Waals surface area contributed by atoms with Gasteiger partial charge in [-0.25, -0.2) is 0 Å². The van der Waals surface area contributed by atoms with Gasteiger partial charge in [-0.1, -0.05) is 6.42 Å². The topological polar surface area (TPSA) is 27.7 Å². The Bertz CT molecular complexity index is 236. The van der Waals surface area contributed by atoms with E-state index in [1.165, 1.54) is 77.9 Å². The summed E-state index contributed by atoms with van der Waals surface area (Å²) in [6.45, 7) is 10.8. The fraction of sp³-hybridized carbons (Fsp3) is 1.00. The quantitative estimate of drug-likeness (QED) is 0.682. The van der Waals surface area contributed by atoms with Crippen LogP contribution in [0.2, 0.25) is 0 Å². The Morgan fingerprint density at radius 1 is 0.950 bits per heavy atom. The Hall–Kier alpha value is -0.160. The van der Waals surface area contributed by atoms with E-state index in [9.17, 15) is 0 Å². The fourth-order valence-electron chi connectivity index (χ4n) is 3.36. The molecule has 1 N–H and O–H groups in total. The molecule has 2 aliphatic heterocycles. The van der Waals surface area contributed by atoms with E-state index in [0.717, 1.165) is 19.1 Å². The molecule has 0 unspecified atom stereocenters. The molecule has 20 heavy (non-hydrogen) atoms. The first-order valence-corrected chi connectivity index (χ1v) is 8.53. The van der Waals surface area contributed by atoms with E-state index in [4.69, 9.17) is 4.74 Å². The summed E-state index contributed by atoms with van der Waals surface area (Å²) in [5.74, 6) is 0.873. The average Bonchev–Trinajstić information content (AvgIpc) is 2.52. The molecule has 0 spiro atoms. The first-order chi connectivity index (χ1) is 9.88. The van der Waals surface area contributed by atoms with Crippen LogP contribution < -0.4 is 5.32 Å². The maximum absolute atomic E-state index is 5.06. The molecule has 2 fully saturated rings. The number of likely N-dealkylation sites (tertiary alicyclic amines) is 2. The molecule has 0 saturated carbocycles. The Kier molecular flexibility index (Phi) is 7.88. The van der Waals surface area contributed by atoms with Crippen molar-refractivity contribution in [3.05, 3.63) is 0 Å². The molecule has 0 bridgehead atoms. The molecule has 2 saturated heterocycles. The van der Waals surface area contributed by atoms with E-state index in [2.05, 4.69) is 15.1 Å². The van der Waals surface area contributed by atoms with E-state index >= 15 is 0 Å². The van der Waals surface area contributed by atoms with Gasteiger partial charge in [0.2, 0.25) is 0 Å². The van der Waals surface area contributed by atoms with Gasteiger partial charge in [0, 0.05) is 26.7 Å². The van der Waals surface area contributed by atoms with Crippen molar-refractivity contribution in [2.45, 2.75) is 32.1 Å². The highest BCUT2D eigenvalue weighted by Crippen LogP contribution is 2.16. The van der Waals surface area contributed by atoms with Gasteiger partial charge in [0.1, 0.15) is 0 Å². The number of ether oxygens (including phenoxy) is 1. The molecule has 0 aromatic heterocycles. The Morgan fingerprint density at radius 3 is 2.25 bits per heavy atom. The molecule has 2 rings (SSSR count). The highest BCUT2D eigenvalue weighted by Gasteiger charge is 2.19. The third-order valence-electron chi connectivity index (χ3n) is 4.80. The highest BCUT2D eigenvalue weighted by atomic mass is 16.5. The van der Waals surface area contributed by atoms with E-state index in [1.54, 1.807) is 7.11 Å². The lowest BCUT2D eigenvalue weighted by atomic mass is 9.97. The van der Waals surface area contributed by atoms with Crippen LogP contribution in [0.5, 0.6) is 0 Å². The van der Waals surface area contributed by atoms with E-state index in [1.807, 2.05) is 0 Å². The zero-order chi connectivity index (χ0) is 14.0. The second-order valence-electron chi connectivity index (χ2n) is 6.38. The lowest BCUT2D eigenvalue weighted by Gasteiger charge is -2.34. The van der Waals surface area contributed by atoms with Crippen LogP contribution in [0.3, 0.4) is 0 Å². The van der Waals surface area contributed by atoms with E-state index < -0.39 is 0 Å². The van der Waals surface area contributed by atoms with Gasteiger partial charge in [0.25, 0.3) is 0 Å². The minimum atomic E-state index is 0.828. The summed E-state index contributed by atoms with van der Waals surface area (Å²) in [6.07, 6.45) is 6.99. The molecule has 0 aliphatic carbocycles. The van der Waals surface area contributed by atoms with Crippen LogP contribution in [0.1, 0.15) is 32.1 Å². The largest absolute Gasteiger partial charge is 0.383 e. The Balaban J connectivity index is 1.50. The molecule has 118 valence electrons. The van der Waals surface area contributed by atoms with Gasteiger partial charge in [0.05, 0.1) is 6.61 Å². The van der Waals surface area contributed by atoms with Crippen molar-refractivity contribution in [1.82, 2.24) is 15.1 Å². The number of hydrogen-bond acceptors (Lipinski definition) is 4. The summed E-state index contributed by atoms with van der Waals surface area (Å²) in [5, 5.41) is 3.50. The molecular weight excluding hydrogens is 250 g/mol. The van der Waals surface area contributed by atoms with Gasteiger partial charge in [-0.15, -0.1) is 0 Å². The Morgan fingerprint density at radius 2 is 1.60 bits per heavy atom. The monoisotopic (exact) mass is 283 g/mol. The van der Waals surface area contributed by atoms with Crippen LogP contribution in [0.25, 0.3) is 0 Å². The van der Waals surface area contributed by atoms with Crippen molar-refractivity contribution < 1.29 is 4.74 Å². The molecule has 0 amide bonds. The maximum Gasteiger partial charge on any atom is 0.0587 e. The van der Waals surface area contributed by atoms with E-state index in [0.29, 0.717) is 0 Å². The summed E-state index contributed by atoms with van der Waals surface area (Å²) in [7, 11) is 1.77. The SMILES string of the molecule is COCCNCC1CCN(CCN2CCCCC2)CC1. The molecule has 2 heterocycles. The van der Waals surface area contributed by atoms with Crippen molar-refractivity contribution in [3.8, 4) is 0 Å². The molecule has 4 heteroatoms.